The van der Waals surface area contributed by atoms with Crippen LogP contribution in [0.5, 0.6) is 0 Å². The first-order chi connectivity index (χ1) is 10.5. The van der Waals surface area contributed by atoms with Crippen molar-refractivity contribution < 1.29 is 14.7 Å². The molecule has 0 bridgehead atoms. The lowest BCUT2D eigenvalue weighted by Gasteiger charge is -2.34. The molecule has 22 heavy (non-hydrogen) atoms. The molecule has 1 saturated heterocycles. The van der Waals surface area contributed by atoms with Gasteiger partial charge in [-0.2, -0.15) is 4.98 Å². The third kappa shape index (κ3) is 2.37. The third-order valence-corrected chi connectivity index (χ3v) is 4.42. The number of thiophene rings is 1. The number of carboxylic acid groups (broad SMARTS) is 1. The summed E-state index contributed by atoms with van der Waals surface area (Å²) < 4.78 is 0. The lowest BCUT2D eigenvalue weighted by molar-refractivity contribution is 0.100. The smallest absolute Gasteiger partial charge is 0.407 e. The molecule has 2 aromatic heterocycles. The second-order valence-corrected chi connectivity index (χ2v) is 5.71. The van der Waals surface area contributed by atoms with Gasteiger partial charge in [-0.05, 0) is 0 Å². The van der Waals surface area contributed by atoms with Gasteiger partial charge >= 0.3 is 6.09 Å². The fourth-order valence-corrected chi connectivity index (χ4v) is 3.39. The number of nitrogens with two attached hydrogens (primary N) is 2. The Labute approximate surface area is 129 Å². The van der Waals surface area contributed by atoms with Crippen molar-refractivity contribution in [3.63, 3.8) is 0 Å². The number of primary amides is 1. The Morgan fingerprint density at radius 2 is 1.91 bits per heavy atom. The van der Waals surface area contributed by atoms with Gasteiger partial charge < -0.3 is 26.4 Å². The molecule has 0 saturated carbocycles. The van der Waals surface area contributed by atoms with Crippen molar-refractivity contribution in [1.29, 1.82) is 0 Å². The average molecular weight is 322 g/mol. The second-order valence-electron chi connectivity index (χ2n) is 4.86. The molecule has 9 nitrogen and oxygen atoms in total. The number of rotatable bonds is 2. The predicted molar refractivity (Wildman–Crippen MR) is 82.2 cm³/mol. The van der Waals surface area contributed by atoms with E-state index in [1.807, 2.05) is 4.90 Å². The zero-order valence-corrected chi connectivity index (χ0v) is 12.3. The van der Waals surface area contributed by atoms with Crippen molar-refractivity contribution in [2.45, 2.75) is 0 Å². The lowest BCUT2D eigenvalue weighted by Crippen LogP contribution is -2.48. The molecular weight excluding hydrogens is 308 g/mol. The summed E-state index contributed by atoms with van der Waals surface area (Å²) in [5.74, 6) is 0.0914. The first-order valence-electron chi connectivity index (χ1n) is 6.54. The Morgan fingerprint density at radius 3 is 2.50 bits per heavy atom. The molecule has 3 rings (SSSR count). The van der Waals surface area contributed by atoms with E-state index in [2.05, 4.69) is 9.97 Å². The third-order valence-electron chi connectivity index (χ3n) is 3.55. The number of amides is 2. The van der Waals surface area contributed by atoms with E-state index in [4.69, 9.17) is 16.6 Å². The number of piperazine rings is 1. The molecule has 2 aromatic rings. The van der Waals surface area contributed by atoms with E-state index in [1.165, 1.54) is 16.2 Å². The summed E-state index contributed by atoms with van der Waals surface area (Å²) in [7, 11) is 0. The van der Waals surface area contributed by atoms with Crippen molar-refractivity contribution in [2.24, 2.45) is 5.73 Å². The minimum Gasteiger partial charge on any atom is -0.465 e. The number of aromatic nitrogens is 2. The van der Waals surface area contributed by atoms with E-state index < -0.39 is 12.0 Å². The van der Waals surface area contributed by atoms with E-state index in [-0.39, 0.29) is 5.95 Å². The molecule has 1 aliphatic heterocycles. The van der Waals surface area contributed by atoms with Gasteiger partial charge in [-0.3, -0.25) is 4.79 Å². The maximum absolute atomic E-state index is 11.6. The van der Waals surface area contributed by atoms with Crippen molar-refractivity contribution >= 4 is 45.3 Å². The fourth-order valence-electron chi connectivity index (χ4n) is 2.46. The highest BCUT2D eigenvalue weighted by atomic mass is 32.1. The summed E-state index contributed by atoms with van der Waals surface area (Å²) in [6.45, 7) is 1.64. The van der Waals surface area contributed by atoms with Crippen LogP contribution in [0.25, 0.3) is 10.2 Å². The van der Waals surface area contributed by atoms with Crippen LogP contribution in [0, 0.1) is 0 Å². The molecule has 116 valence electrons. The molecule has 5 N–H and O–H groups in total. The van der Waals surface area contributed by atoms with Crippen LogP contribution in [0.3, 0.4) is 0 Å². The largest absolute Gasteiger partial charge is 0.465 e. The number of carbonyl (C=O) groups excluding carboxylic acids is 1. The Kier molecular flexibility index (Phi) is 3.45. The van der Waals surface area contributed by atoms with Crippen LogP contribution in [0.1, 0.15) is 10.4 Å². The molecule has 2 amide bonds. The highest BCUT2D eigenvalue weighted by Gasteiger charge is 2.25. The van der Waals surface area contributed by atoms with E-state index in [9.17, 15) is 9.59 Å². The van der Waals surface area contributed by atoms with Crippen LogP contribution in [0.4, 0.5) is 16.6 Å². The van der Waals surface area contributed by atoms with Gasteiger partial charge in [0.1, 0.15) is 10.6 Å². The van der Waals surface area contributed by atoms with E-state index in [1.54, 1.807) is 5.38 Å². The van der Waals surface area contributed by atoms with Crippen molar-refractivity contribution in [3.8, 4) is 0 Å². The molecule has 0 unspecified atom stereocenters. The first-order valence-corrected chi connectivity index (χ1v) is 7.42. The monoisotopic (exact) mass is 322 g/mol. The summed E-state index contributed by atoms with van der Waals surface area (Å²) in [6.07, 6.45) is -0.944. The second kappa shape index (κ2) is 5.30. The van der Waals surface area contributed by atoms with Crippen LogP contribution in [0.2, 0.25) is 0 Å². The van der Waals surface area contributed by atoms with Crippen LogP contribution in [-0.4, -0.2) is 58.2 Å². The highest BCUT2D eigenvalue weighted by molar-refractivity contribution is 7.17. The predicted octanol–water partition coefficient (Wildman–Crippen LogP) is 0.172. The molecule has 0 atom stereocenters. The number of carbonyl (C=O) groups is 2. The van der Waals surface area contributed by atoms with E-state index in [0.29, 0.717) is 47.8 Å². The highest BCUT2D eigenvalue weighted by Crippen LogP contribution is 2.32. The number of fused-ring (bicyclic) bond motifs is 1. The molecule has 1 aliphatic rings. The van der Waals surface area contributed by atoms with Crippen LogP contribution < -0.4 is 16.4 Å². The minimum atomic E-state index is -0.944. The van der Waals surface area contributed by atoms with Gasteiger partial charge in [0, 0.05) is 31.6 Å². The van der Waals surface area contributed by atoms with Gasteiger partial charge in [0.25, 0.3) is 0 Å². The summed E-state index contributed by atoms with van der Waals surface area (Å²) >= 11 is 1.28. The number of anilines is 2. The van der Waals surface area contributed by atoms with Crippen LogP contribution in [0.15, 0.2) is 5.38 Å². The molecule has 1 fully saturated rings. The van der Waals surface area contributed by atoms with Crippen LogP contribution >= 0.6 is 11.3 Å². The molecule has 3 heterocycles. The standard InChI is InChI=1S/C12H14N6O3S/c13-8(19)6-5-22-10-7(6)9(15-11(14)16-10)17-1-3-18(4-2-17)12(20)21/h5H,1-4H2,(H2,13,19)(H,20,21)(H2,14,15,16). The van der Waals surface area contributed by atoms with Crippen LogP contribution in [-0.2, 0) is 0 Å². The van der Waals surface area contributed by atoms with Crippen molar-refractivity contribution in [1.82, 2.24) is 14.9 Å². The number of nitrogen functional groups attached to an aromatic ring is 1. The quantitative estimate of drug-likeness (QED) is 0.716. The Hall–Kier alpha value is -2.62. The van der Waals surface area contributed by atoms with E-state index in [0.717, 1.165) is 0 Å². The van der Waals surface area contributed by atoms with E-state index >= 15 is 0 Å². The Morgan fingerprint density at radius 1 is 1.23 bits per heavy atom. The zero-order chi connectivity index (χ0) is 15.9. The number of hydrogen-bond donors (Lipinski definition) is 3. The molecule has 0 aromatic carbocycles. The van der Waals surface area contributed by atoms with Gasteiger partial charge in [0.2, 0.25) is 11.9 Å². The number of nitrogens with zero attached hydrogens (tertiary/aromatic N) is 4. The Balaban J connectivity index is 2.01. The van der Waals surface area contributed by atoms with Gasteiger partial charge in [0.15, 0.2) is 0 Å². The molecule has 0 spiro atoms. The molecule has 0 aliphatic carbocycles. The summed E-state index contributed by atoms with van der Waals surface area (Å²) in [5, 5.41) is 11.2. The Bertz CT molecular complexity index is 753. The molecule has 10 heteroatoms. The summed E-state index contributed by atoms with van der Waals surface area (Å²) in [5.41, 5.74) is 11.5. The fraction of sp³-hybridized carbons (Fsp3) is 0.333. The molecule has 0 radical (unpaired) electrons. The average Bonchev–Trinajstić information content (AvgIpc) is 2.90. The van der Waals surface area contributed by atoms with Gasteiger partial charge in [-0.15, -0.1) is 11.3 Å². The van der Waals surface area contributed by atoms with Gasteiger partial charge in [0.05, 0.1) is 10.9 Å². The molecular formula is C12H14N6O3S. The normalized spacial score (nSPS) is 15.3. The maximum atomic E-state index is 11.6. The maximum Gasteiger partial charge on any atom is 0.407 e. The SMILES string of the molecule is NC(=O)c1csc2nc(N)nc(N3CCN(C(=O)O)CC3)c12. The van der Waals surface area contributed by atoms with Crippen molar-refractivity contribution in [2.75, 3.05) is 36.8 Å². The summed E-state index contributed by atoms with van der Waals surface area (Å²) in [6, 6.07) is 0. The zero-order valence-electron chi connectivity index (χ0n) is 11.5. The first kappa shape index (κ1) is 14.3. The lowest BCUT2D eigenvalue weighted by atomic mass is 10.2. The summed E-state index contributed by atoms with van der Waals surface area (Å²) in [4.78, 5) is 34.7. The topological polar surface area (TPSA) is 139 Å². The number of hydrogen-bond acceptors (Lipinski definition) is 7. The van der Waals surface area contributed by atoms with Gasteiger partial charge in [-0.25, -0.2) is 9.78 Å². The van der Waals surface area contributed by atoms with Crippen molar-refractivity contribution in [3.05, 3.63) is 10.9 Å². The van der Waals surface area contributed by atoms with Gasteiger partial charge in [-0.1, -0.05) is 0 Å². The minimum absolute atomic E-state index is 0.112.